The van der Waals surface area contributed by atoms with Crippen molar-refractivity contribution in [1.29, 1.82) is 0 Å². The minimum Gasteiger partial charge on any atom is -0.489 e. The number of rotatable bonds is 6. The highest BCUT2D eigenvalue weighted by Gasteiger charge is 1.99. The zero-order chi connectivity index (χ0) is 12.6. The zero-order valence-corrected chi connectivity index (χ0v) is 11.2. The molecule has 18 heavy (non-hydrogen) atoms. The van der Waals surface area contributed by atoms with Crippen LogP contribution in [0.25, 0.3) is 0 Å². The lowest BCUT2D eigenvalue weighted by atomic mass is 10.1. The van der Waals surface area contributed by atoms with Gasteiger partial charge >= 0.3 is 0 Å². The van der Waals surface area contributed by atoms with Crippen molar-refractivity contribution in [2.24, 2.45) is 0 Å². The first-order chi connectivity index (χ1) is 8.88. The van der Waals surface area contributed by atoms with Crippen LogP contribution in [0.4, 0.5) is 0 Å². The third-order valence-corrected chi connectivity index (χ3v) is 3.22. The Bertz CT molecular complexity index is 412. The minimum atomic E-state index is 0.685. The molecule has 1 nitrogen and oxygen atoms in total. The average Bonchev–Trinajstić information content (AvgIpc) is 2.45. The molecule has 0 spiro atoms. The van der Waals surface area contributed by atoms with Gasteiger partial charge in [-0.15, -0.1) is 0 Å². The van der Waals surface area contributed by atoms with Crippen LogP contribution in [0.5, 0.6) is 5.75 Å². The topological polar surface area (TPSA) is 9.23 Å². The molecule has 0 bridgehead atoms. The van der Waals surface area contributed by atoms with E-state index in [0.717, 1.165) is 18.6 Å². The van der Waals surface area contributed by atoms with Crippen molar-refractivity contribution in [3.63, 3.8) is 0 Å². The van der Waals surface area contributed by atoms with E-state index in [9.17, 15) is 0 Å². The summed E-state index contributed by atoms with van der Waals surface area (Å²) in [6, 6.07) is 8.52. The zero-order valence-electron chi connectivity index (χ0n) is 11.2. The quantitative estimate of drug-likeness (QED) is 0.703. The van der Waals surface area contributed by atoms with Gasteiger partial charge in [0.25, 0.3) is 0 Å². The summed E-state index contributed by atoms with van der Waals surface area (Å²) in [7, 11) is 0. The largest absolute Gasteiger partial charge is 0.489 e. The maximum Gasteiger partial charge on any atom is 0.119 e. The lowest BCUT2D eigenvalue weighted by Gasteiger charge is -2.10. The molecule has 96 valence electrons. The fraction of sp³-hybridized carbons (Fsp3) is 0.412. The highest BCUT2D eigenvalue weighted by atomic mass is 16.5. The molecular weight excluding hydrogens is 220 g/mol. The van der Waals surface area contributed by atoms with Crippen LogP contribution in [0.3, 0.4) is 0 Å². The van der Waals surface area contributed by atoms with Gasteiger partial charge in [0, 0.05) is 0 Å². The van der Waals surface area contributed by atoms with Crippen molar-refractivity contribution >= 4 is 0 Å². The number of allylic oxidation sites excluding steroid dienone is 2. The first-order valence-electron chi connectivity index (χ1n) is 6.96. The highest BCUT2D eigenvalue weighted by Crippen LogP contribution is 2.16. The van der Waals surface area contributed by atoms with Crippen LogP contribution in [-0.2, 0) is 6.42 Å². The molecule has 0 heterocycles. The Morgan fingerprint density at radius 2 is 1.94 bits per heavy atom. The summed E-state index contributed by atoms with van der Waals surface area (Å²) in [6.45, 7) is 2.91. The lowest BCUT2D eigenvalue weighted by Crippen LogP contribution is -2.01. The van der Waals surface area contributed by atoms with Crippen molar-refractivity contribution in [1.82, 2.24) is 0 Å². The Morgan fingerprint density at radius 3 is 2.61 bits per heavy atom. The van der Waals surface area contributed by atoms with Crippen LogP contribution in [0.2, 0.25) is 0 Å². The molecule has 0 unspecified atom stereocenters. The predicted molar refractivity (Wildman–Crippen MR) is 77.0 cm³/mol. The average molecular weight is 242 g/mol. The van der Waals surface area contributed by atoms with E-state index in [1.807, 2.05) is 0 Å². The Hall–Kier alpha value is -1.50. The molecule has 0 fully saturated rings. The summed E-state index contributed by atoms with van der Waals surface area (Å²) >= 11 is 0. The summed E-state index contributed by atoms with van der Waals surface area (Å²) in [5.74, 6) is 0.968. The van der Waals surface area contributed by atoms with Crippen molar-refractivity contribution in [3.8, 4) is 5.75 Å². The molecule has 0 amide bonds. The van der Waals surface area contributed by atoms with E-state index in [-0.39, 0.29) is 0 Å². The second-order valence-electron chi connectivity index (χ2n) is 4.79. The third kappa shape index (κ3) is 4.06. The molecule has 0 aromatic heterocycles. The van der Waals surface area contributed by atoms with E-state index in [2.05, 4.69) is 49.4 Å². The Kier molecular flexibility index (Phi) is 5.07. The van der Waals surface area contributed by atoms with Gasteiger partial charge in [-0.3, -0.25) is 0 Å². The van der Waals surface area contributed by atoms with Crippen LogP contribution in [0.15, 0.2) is 48.1 Å². The molecule has 0 saturated carbocycles. The smallest absolute Gasteiger partial charge is 0.119 e. The molecule has 0 aliphatic heterocycles. The van der Waals surface area contributed by atoms with E-state index < -0.39 is 0 Å². The van der Waals surface area contributed by atoms with Gasteiger partial charge in [0.2, 0.25) is 0 Å². The number of benzene rings is 1. The van der Waals surface area contributed by atoms with E-state index in [4.69, 9.17) is 4.74 Å². The number of aryl methyl sites for hydroxylation is 1. The fourth-order valence-electron chi connectivity index (χ4n) is 2.07. The standard InChI is InChI=1S/C17H22O/c1-2-3-7-15-10-12-17(13-11-15)18-14-16-8-5-4-6-9-16/h5,8-13H,2-4,6-7,14H2,1H3. The van der Waals surface area contributed by atoms with Crippen molar-refractivity contribution in [3.05, 3.63) is 53.6 Å². The second-order valence-corrected chi connectivity index (χ2v) is 4.79. The predicted octanol–water partition coefficient (Wildman–Crippen LogP) is 4.68. The number of hydrogen-bond acceptors (Lipinski definition) is 1. The third-order valence-electron chi connectivity index (χ3n) is 3.22. The van der Waals surface area contributed by atoms with E-state index in [1.54, 1.807) is 0 Å². The molecule has 0 atom stereocenters. The van der Waals surface area contributed by atoms with Crippen LogP contribution >= 0.6 is 0 Å². The normalized spacial score (nSPS) is 14.4. The monoisotopic (exact) mass is 242 g/mol. The minimum absolute atomic E-state index is 0.685. The number of hydrogen-bond donors (Lipinski definition) is 0. The van der Waals surface area contributed by atoms with E-state index in [1.165, 1.54) is 30.4 Å². The van der Waals surface area contributed by atoms with Crippen molar-refractivity contribution in [2.45, 2.75) is 39.0 Å². The Morgan fingerprint density at radius 1 is 1.11 bits per heavy atom. The molecular formula is C17H22O. The summed E-state index contributed by atoms with van der Waals surface area (Å²) < 4.78 is 5.79. The second kappa shape index (κ2) is 7.05. The lowest BCUT2D eigenvalue weighted by molar-refractivity contribution is 0.354. The van der Waals surface area contributed by atoms with Gasteiger partial charge < -0.3 is 4.74 Å². The molecule has 1 aliphatic carbocycles. The van der Waals surface area contributed by atoms with Crippen LogP contribution < -0.4 is 4.74 Å². The van der Waals surface area contributed by atoms with Gasteiger partial charge in [-0.1, -0.05) is 43.7 Å². The van der Waals surface area contributed by atoms with Gasteiger partial charge in [-0.2, -0.15) is 0 Å². The molecule has 2 rings (SSSR count). The summed E-state index contributed by atoms with van der Waals surface area (Å²) in [5.41, 5.74) is 2.69. The molecule has 0 radical (unpaired) electrons. The highest BCUT2D eigenvalue weighted by molar-refractivity contribution is 5.29. The number of unbranched alkanes of at least 4 members (excludes halogenated alkanes) is 1. The van der Waals surface area contributed by atoms with Gasteiger partial charge in [-0.25, -0.2) is 0 Å². The van der Waals surface area contributed by atoms with Crippen LogP contribution in [0.1, 0.15) is 38.2 Å². The molecule has 0 N–H and O–H groups in total. The summed E-state index contributed by atoms with van der Waals surface area (Å²) in [5, 5.41) is 0. The van der Waals surface area contributed by atoms with Crippen LogP contribution in [0, 0.1) is 0 Å². The summed E-state index contributed by atoms with van der Waals surface area (Å²) in [6.07, 6.45) is 12.6. The molecule has 0 saturated heterocycles. The fourth-order valence-corrected chi connectivity index (χ4v) is 2.07. The first kappa shape index (κ1) is 12.9. The van der Waals surface area contributed by atoms with E-state index >= 15 is 0 Å². The maximum absolute atomic E-state index is 5.79. The van der Waals surface area contributed by atoms with Crippen molar-refractivity contribution < 1.29 is 4.74 Å². The number of ether oxygens (including phenoxy) is 1. The van der Waals surface area contributed by atoms with Gasteiger partial charge in [-0.05, 0) is 49.0 Å². The Balaban J connectivity index is 1.82. The summed E-state index contributed by atoms with van der Waals surface area (Å²) in [4.78, 5) is 0. The maximum atomic E-state index is 5.79. The van der Waals surface area contributed by atoms with Crippen molar-refractivity contribution in [2.75, 3.05) is 6.61 Å². The van der Waals surface area contributed by atoms with Gasteiger partial charge in [0.05, 0.1) is 0 Å². The van der Waals surface area contributed by atoms with Gasteiger partial charge in [0.1, 0.15) is 12.4 Å². The molecule has 1 aromatic rings. The molecule has 1 aromatic carbocycles. The van der Waals surface area contributed by atoms with E-state index in [0.29, 0.717) is 6.61 Å². The molecule has 1 heteroatoms. The Labute approximate surface area is 110 Å². The van der Waals surface area contributed by atoms with Crippen LogP contribution in [-0.4, -0.2) is 6.61 Å². The SMILES string of the molecule is CCCCc1ccc(OCC2=CCCC=C2)cc1. The molecule has 1 aliphatic rings. The van der Waals surface area contributed by atoms with Gasteiger partial charge in [0.15, 0.2) is 0 Å². The first-order valence-corrected chi connectivity index (χ1v) is 6.96.